The zero-order chi connectivity index (χ0) is 13.9. The quantitative estimate of drug-likeness (QED) is 0.849. The maximum atomic E-state index is 12.0. The van der Waals surface area contributed by atoms with Crippen LogP contribution in [0.4, 0.5) is 0 Å². The van der Waals surface area contributed by atoms with Crippen LogP contribution in [0.25, 0.3) is 0 Å². The second-order valence-corrected chi connectivity index (χ2v) is 6.90. The van der Waals surface area contributed by atoms with Crippen LogP contribution in [0.3, 0.4) is 0 Å². The molecule has 0 radical (unpaired) electrons. The van der Waals surface area contributed by atoms with Crippen LogP contribution < -0.4 is 5.32 Å². The van der Waals surface area contributed by atoms with Gasteiger partial charge in [-0.15, -0.1) is 0 Å². The Labute approximate surface area is 117 Å². The molecule has 3 nitrogen and oxygen atoms in total. The van der Waals surface area contributed by atoms with Crippen molar-refractivity contribution in [1.29, 1.82) is 0 Å². The summed E-state index contributed by atoms with van der Waals surface area (Å²) in [5.41, 5.74) is 0.448. The van der Waals surface area contributed by atoms with Gasteiger partial charge < -0.3 is 10.1 Å². The lowest BCUT2D eigenvalue weighted by Gasteiger charge is -2.39. The van der Waals surface area contributed by atoms with Gasteiger partial charge in [0, 0.05) is 12.6 Å². The van der Waals surface area contributed by atoms with Crippen LogP contribution in [0.2, 0.25) is 0 Å². The summed E-state index contributed by atoms with van der Waals surface area (Å²) in [4.78, 5) is 12.0. The van der Waals surface area contributed by atoms with E-state index in [0.717, 1.165) is 38.2 Å². The fraction of sp³-hybridized carbons (Fsp3) is 0.938. The van der Waals surface area contributed by atoms with E-state index in [-0.39, 0.29) is 12.0 Å². The van der Waals surface area contributed by atoms with Gasteiger partial charge in [0.25, 0.3) is 0 Å². The second kappa shape index (κ2) is 6.25. The van der Waals surface area contributed by atoms with Crippen molar-refractivity contribution in [3.8, 4) is 0 Å². The molecule has 1 saturated carbocycles. The molecule has 1 saturated heterocycles. The van der Waals surface area contributed by atoms with Crippen molar-refractivity contribution in [1.82, 2.24) is 5.32 Å². The van der Waals surface area contributed by atoms with E-state index in [0.29, 0.717) is 11.5 Å². The van der Waals surface area contributed by atoms with Crippen molar-refractivity contribution in [2.75, 3.05) is 6.61 Å². The van der Waals surface area contributed by atoms with Gasteiger partial charge in [-0.05, 0) is 49.9 Å². The molecular weight excluding hydrogens is 238 g/mol. The summed E-state index contributed by atoms with van der Waals surface area (Å²) in [6.07, 6.45) is 7.74. The Morgan fingerprint density at radius 3 is 2.42 bits per heavy atom. The first-order valence-corrected chi connectivity index (χ1v) is 7.95. The summed E-state index contributed by atoms with van der Waals surface area (Å²) in [6, 6.07) is 0.376. The highest BCUT2D eigenvalue weighted by atomic mass is 16.5. The summed E-state index contributed by atoms with van der Waals surface area (Å²) in [7, 11) is 0. The predicted molar refractivity (Wildman–Crippen MR) is 76.9 cm³/mol. The van der Waals surface area contributed by atoms with Crippen molar-refractivity contribution >= 4 is 5.91 Å². The smallest absolute Gasteiger partial charge is 0.249 e. The van der Waals surface area contributed by atoms with E-state index < -0.39 is 0 Å². The number of ether oxygens (including phenoxy) is 1. The van der Waals surface area contributed by atoms with Crippen LogP contribution in [0.5, 0.6) is 0 Å². The topological polar surface area (TPSA) is 38.3 Å². The summed E-state index contributed by atoms with van der Waals surface area (Å²) in [5.74, 6) is 0.934. The molecular formula is C16H29NO2. The molecule has 0 unspecified atom stereocenters. The largest absolute Gasteiger partial charge is 0.368 e. The van der Waals surface area contributed by atoms with Gasteiger partial charge >= 0.3 is 0 Å². The van der Waals surface area contributed by atoms with Crippen molar-refractivity contribution in [3.63, 3.8) is 0 Å². The Kier molecular flexibility index (Phi) is 4.88. The lowest BCUT2D eigenvalue weighted by Crippen LogP contribution is -2.44. The van der Waals surface area contributed by atoms with Crippen LogP contribution in [-0.2, 0) is 9.53 Å². The summed E-state index contributed by atoms with van der Waals surface area (Å²) in [6.45, 7) is 7.78. The van der Waals surface area contributed by atoms with Gasteiger partial charge in [0.05, 0.1) is 0 Å². The number of amides is 1. The van der Waals surface area contributed by atoms with Crippen LogP contribution in [0.1, 0.15) is 65.7 Å². The highest BCUT2D eigenvalue weighted by Crippen LogP contribution is 2.40. The Morgan fingerprint density at radius 2 is 1.89 bits per heavy atom. The van der Waals surface area contributed by atoms with Crippen LogP contribution >= 0.6 is 0 Å². The second-order valence-electron chi connectivity index (χ2n) is 6.90. The minimum atomic E-state index is -0.176. The maximum Gasteiger partial charge on any atom is 0.249 e. The standard InChI is InChI=1S/C16H29NO2/c1-4-16(2,3)12-7-9-13(10-8-12)17-15(18)14-6-5-11-19-14/h12-14H,4-11H2,1-3H3,(H,17,18)/t12?,13?,14-/m0/s1. The van der Waals surface area contributed by atoms with E-state index in [9.17, 15) is 4.79 Å². The molecule has 1 N–H and O–H groups in total. The van der Waals surface area contributed by atoms with E-state index in [2.05, 4.69) is 26.1 Å². The maximum absolute atomic E-state index is 12.0. The fourth-order valence-corrected chi connectivity index (χ4v) is 3.39. The first kappa shape index (κ1) is 14.8. The molecule has 2 aliphatic rings. The number of hydrogen-bond acceptors (Lipinski definition) is 2. The summed E-state index contributed by atoms with van der Waals surface area (Å²) < 4.78 is 5.44. The van der Waals surface area contributed by atoms with Gasteiger partial charge in [-0.25, -0.2) is 0 Å². The highest BCUT2D eigenvalue weighted by molar-refractivity contribution is 5.81. The molecule has 1 atom stereocenters. The van der Waals surface area contributed by atoms with Crippen molar-refractivity contribution in [2.45, 2.75) is 77.9 Å². The summed E-state index contributed by atoms with van der Waals surface area (Å²) in [5, 5.41) is 3.19. The third-order valence-electron chi connectivity index (χ3n) is 5.31. The number of hydrogen-bond donors (Lipinski definition) is 1. The monoisotopic (exact) mass is 267 g/mol. The summed E-state index contributed by atoms with van der Waals surface area (Å²) >= 11 is 0. The average molecular weight is 267 g/mol. The van der Waals surface area contributed by atoms with Crippen LogP contribution in [-0.4, -0.2) is 24.7 Å². The van der Waals surface area contributed by atoms with Crippen molar-refractivity contribution in [2.24, 2.45) is 11.3 Å². The van der Waals surface area contributed by atoms with E-state index in [1.54, 1.807) is 0 Å². The first-order chi connectivity index (χ1) is 9.03. The molecule has 1 amide bonds. The predicted octanol–water partition coefficient (Wildman–Crippen LogP) is 3.28. The lowest BCUT2D eigenvalue weighted by atomic mass is 9.69. The molecule has 110 valence electrons. The van der Waals surface area contributed by atoms with E-state index >= 15 is 0 Å². The highest BCUT2D eigenvalue weighted by Gasteiger charge is 2.33. The molecule has 1 aliphatic heterocycles. The molecule has 0 bridgehead atoms. The van der Waals surface area contributed by atoms with Gasteiger partial charge in [-0.2, -0.15) is 0 Å². The third kappa shape index (κ3) is 3.71. The molecule has 19 heavy (non-hydrogen) atoms. The van der Waals surface area contributed by atoms with Crippen molar-refractivity contribution < 1.29 is 9.53 Å². The third-order valence-corrected chi connectivity index (χ3v) is 5.31. The first-order valence-electron chi connectivity index (χ1n) is 7.95. The Hall–Kier alpha value is -0.570. The molecule has 1 heterocycles. The van der Waals surface area contributed by atoms with E-state index in [1.165, 1.54) is 19.3 Å². The lowest BCUT2D eigenvalue weighted by molar-refractivity contribution is -0.131. The molecule has 2 fully saturated rings. The van der Waals surface area contributed by atoms with Gasteiger partial charge in [0.15, 0.2) is 0 Å². The molecule has 0 aromatic rings. The Balaban J connectivity index is 1.75. The minimum Gasteiger partial charge on any atom is -0.368 e. The zero-order valence-electron chi connectivity index (χ0n) is 12.7. The SMILES string of the molecule is CCC(C)(C)C1CCC(NC(=O)[C@@H]2CCCO2)CC1. The average Bonchev–Trinajstić information content (AvgIpc) is 2.93. The Morgan fingerprint density at radius 1 is 1.21 bits per heavy atom. The zero-order valence-corrected chi connectivity index (χ0v) is 12.7. The molecule has 3 heteroatoms. The number of carbonyl (C=O) groups is 1. The van der Waals surface area contributed by atoms with Gasteiger partial charge in [0.1, 0.15) is 6.10 Å². The molecule has 2 rings (SSSR count). The number of carbonyl (C=O) groups excluding carboxylic acids is 1. The molecule has 0 aromatic heterocycles. The van der Waals surface area contributed by atoms with Gasteiger partial charge in [-0.1, -0.05) is 27.2 Å². The van der Waals surface area contributed by atoms with E-state index in [4.69, 9.17) is 4.74 Å². The van der Waals surface area contributed by atoms with E-state index in [1.807, 2.05) is 0 Å². The van der Waals surface area contributed by atoms with Gasteiger partial charge in [0.2, 0.25) is 5.91 Å². The van der Waals surface area contributed by atoms with Crippen LogP contribution in [0, 0.1) is 11.3 Å². The fourth-order valence-electron chi connectivity index (χ4n) is 3.39. The van der Waals surface area contributed by atoms with Crippen LogP contribution in [0.15, 0.2) is 0 Å². The van der Waals surface area contributed by atoms with Gasteiger partial charge in [-0.3, -0.25) is 4.79 Å². The number of nitrogens with one attached hydrogen (secondary N) is 1. The minimum absolute atomic E-state index is 0.121. The van der Waals surface area contributed by atoms with Crippen molar-refractivity contribution in [3.05, 3.63) is 0 Å². The number of rotatable bonds is 4. The molecule has 0 spiro atoms. The Bertz CT molecular complexity index is 300. The molecule has 1 aliphatic carbocycles. The molecule has 0 aromatic carbocycles. The normalized spacial score (nSPS) is 32.3.